The summed E-state index contributed by atoms with van der Waals surface area (Å²) in [7, 11) is 1.29. The smallest absolute Gasteiger partial charge is 0.407 e. The molecule has 0 heterocycles. The Morgan fingerprint density at radius 1 is 1.30 bits per heavy atom. The van der Waals surface area contributed by atoms with E-state index >= 15 is 0 Å². The Labute approximate surface area is 136 Å². The molecule has 0 aliphatic carbocycles. The lowest BCUT2D eigenvalue weighted by Gasteiger charge is -2.19. The van der Waals surface area contributed by atoms with Gasteiger partial charge in [-0.15, -0.1) is 0 Å². The number of esters is 1. The summed E-state index contributed by atoms with van der Waals surface area (Å²) in [6.45, 7) is 5.74. The number of carbonyl (C=O) groups is 2. The van der Waals surface area contributed by atoms with E-state index in [0.717, 1.165) is 0 Å². The molecule has 6 heteroatoms. The van der Waals surface area contributed by atoms with Crippen LogP contribution in [0, 0.1) is 11.8 Å². The topological polar surface area (TPSA) is 90.6 Å². The third kappa shape index (κ3) is 6.30. The van der Waals surface area contributed by atoms with E-state index in [-0.39, 0.29) is 11.3 Å². The molecule has 3 N–H and O–H groups in total. The minimum atomic E-state index is -0.529. The Hall–Kier alpha value is -2.68. The van der Waals surface area contributed by atoms with Crippen LogP contribution in [-0.4, -0.2) is 31.3 Å². The van der Waals surface area contributed by atoms with Gasteiger partial charge in [0, 0.05) is 18.5 Å². The monoisotopic (exact) mass is 318 g/mol. The molecule has 0 aliphatic heterocycles. The van der Waals surface area contributed by atoms with Crippen molar-refractivity contribution in [1.29, 1.82) is 0 Å². The molecule has 23 heavy (non-hydrogen) atoms. The minimum Gasteiger partial charge on any atom is -0.465 e. The minimum absolute atomic E-state index is 0.283. The van der Waals surface area contributed by atoms with E-state index < -0.39 is 17.7 Å². The quantitative estimate of drug-likeness (QED) is 0.386. The predicted octanol–water partition coefficient (Wildman–Crippen LogP) is 2.32. The standard InChI is InChI=1S/C17H22N2O4/c1-17(2,3)23-16(21)19-11-6-5-8-12-9-7-10-13(14(12)18)15(20)22-4/h7,9-10H,6,11,18H2,1-4H3,(H,19,21). The third-order valence-corrected chi connectivity index (χ3v) is 2.65. The van der Waals surface area contributed by atoms with Gasteiger partial charge in [0.2, 0.25) is 0 Å². The number of rotatable bonds is 3. The fraction of sp³-hybridized carbons (Fsp3) is 0.412. The number of nitrogens with one attached hydrogen (secondary N) is 1. The van der Waals surface area contributed by atoms with Gasteiger partial charge in [0.05, 0.1) is 18.4 Å². The molecule has 0 fully saturated rings. The summed E-state index contributed by atoms with van der Waals surface area (Å²) in [6, 6.07) is 4.98. The highest BCUT2D eigenvalue weighted by Crippen LogP contribution is 2.17. The van der Waals surface area contributed by atoms with Gasteiger partial charge in [-0.3, -0.25) is 0 Å². The number of amides is 1. The van der Waals surface area contributed by atoms with E-state index in [1.54, 1.807) is 39.0 Å². The van der Waals surface area contributed by atoms with Crippen LogP contribution >= 0.6 is 0 Å². The first-order valence-electron chi connectivity index (χ1n) is 7.17. The van der Waals surface area contributed by atoms with Gasteiger partial charge in [0.15, 0.2) is 0 Å². The van der Waals surface area contributed by atoms with Gasteiger partial charge < -0.3 is 20.5 Å². The number of methoxy groups -OCH3 is 1. The van der Waals surface area contributed by atoms with Gasteiger partial charge in [-0.1, -0.05) is 17.9 Å². The normalized spacial score (nSPS) is 10.3. The number of ether oxygens (including phenoxy) is 2. The fourth-order valence-electron chi connectivity index (χ4n) is 1.66. The number of alkyl carbamates (subject to hydrolysis) is 1. The Balaban J connectivity index is 2.58. The van der Waals surface area contributed by atoms with Crippen molar-refractivity contribution in [3.05, 3.63) is 29.3 Å². The van der Waals surface area contributed by atoms with E-state index in [1.165, 1.54) is 7.11 Å². The third-order valence-electron chi connectivity index (χ3n) is 2.65. The van der Waals surface area contributed by atoms with E-state index in [0.29, 0.717) is 18.5 Å². The molecule has 124 valence electrons. The zero-order chi connectivity index (χ0) is 17.5. The van der Waals surface area contributed by atoms with Crippen molar-refractivity contribution in [3.63, 3.8) is 0 Å². The molecule has 1 aromatic carbocycles. The lowest BCUT2D eigenvalue weighted by atomic mass is 10.1. The van der Waals surface area contributed by atoms with E-state index in [4.69, 9.17) is 10.5 Å². The zero-order valence-electron chi connectivity index (χ0n) is 13.9. The number of para-hydroxylation sites is 1. The van der Waals surface area contributed by atoms with Gasteiger partial charge in [-0.25, -0.2) is 9.59 Å². The van der Waals surface area contributed by atoms with Gasteiger partial charge >= 0.3 is 12.1 Å². The molecule has 0 saturated carbocycles. The molecule has 6 nitrogen and oxygen atoms in total. The van der Waals surface area contributed by atoms with Crippen molar-refractivity contribution < 1.29 is 19.1 Å². The molecule has 0 saturated heterocycles. The van der Waals surface area contributed by atoms with Crippen molar-refractivity contribution >= 4 is 17.7 Å². The summed E-state index contributed by atoms with van der Waals surface area (Å²) in [5.41, 5.74) is 6.48. The van der Waals surface area contributed by atoms with Gasteiger partial charge in [-0.2, -0.15) is 0 Å². The highest BCUT2D eigenvalue weighted by molar-refractivity contribution is 5.96. The maximum absolute atomic E-state index is 11.5. The van der Waals surface area contributed by atoms with Crippen molar-refractivity contribution in [1.82, 2.24) is 5.32 Å². The summed E-state index contributed by atoms with van der Waals surface area (Å²) in [5.74, 6) is 5.27. The number of nitrogens with two attached hydrogens (primary N) is 1. The molecular weight excluding hydrogens is 296 g/mol. The lowest BCUT2D eigenvalue weighted by Crippen LogP contribution is -2.32. The second-order valence-corrected chi connectivity index (χ2v) is 5.74. The largest absolute Gasteiger partial charge is 0.465 e. The molecule has 0 atom stereocenters. The summed E-state index contributed by atoms with van der Waals surface area (Å²) in [5, 5.41) is 2.61. The van der Waals surface area contributed by atoms with Gasteiger partial charge in [-0.05, 0) is 32.9 Å². The van der Waals surface area contributed by atoms with E-state index in [2.05, 4.69) is 21.9 Å². The molecular formula is C17H22N2O4. The van der Waals surface area contributed by atoms with Crippen LogP contribution in [0.5, 0.6) is 0 Å². The molecule has 1 aromatic rings. The number of anilines is 1. The average molecular weight is 318 g/mol. The van der Waals surface area contributed by atoms with Crippen LogP contribution < -0.4 is 11.1 Å². The van der Waals surface area contributed by atoms with Crippen molar-refractivity contribution in [3.8, 4) is 11.8 Å². The Morgan fingerprint density at radius 3 is 2.61 bits per heavy atom. The molecule has 0 aliphatic rings. The number of benzene rings is 1. The molecule has 0 bridgehead atoms. The van der Waals surface area contributed by atoms with Gasteiger partial charge in [0.1, 0.15) is 5.60 Å². The van der Waals surface area contributed by atoms with E-state index in [1.807, 2.05) is 0 Å². The SMILES string of the molecule is COC(=O)c1cccc(C#CCCNC(=O)OC(C)(C)C)c1N. The highest BCUT2D eigenvalue weighted by Gasteiger charge is 2.15. The Bertz CT molecular complexity index is 636. The van der Waals surface area contributed by atoms with E-state index in [9.17, 15) is 9.59 Å². The Morgan fingerprint density at radius 2 is 2.00 bits per heavy atom. The number of carbonyl (C=O) groups excluding carboxylic acids is 2. The van der Waals surface area contributed by atoms with Crippen LogP contribution in [0.1, 0.15) is 43.1 Å². The summed E-state index contributed by atoms with van der Waals surface area (Å²) >= 11 is 0. The first-order valence-corrected chi connectivity index (χ1v) is 7.17. The van der Waals surface area contributed by atoms with Crippen LogP contribution in [0.4, 0.5) is 10.5 Å². The maximum atomic E-state index is 11.5. The summed E-state index contributed by atoms with van der Waals surface area (Å²) in [4.78, 5) is 23.0. The average Bonchev–Trinajstić information content (AvgIpc) is 2.46. The summed E-state index contributed by atoms with van der Waals surface area (Å²) in [6.07, 6.45) is -0.0484. The predicted molar refractivity (Wildman–Crippen MR) is 87.9 cm³/mol. The molecule has 0 spiro atoms. The van der Waals surface area contributed by atoms with Crippen molar-refractivity contribution in [2.75, 3.05) is 19.4 Å². The maximum Gasteiger partial charge on any atom is 0.407 e. The Kier molecular flexibility index (Phi) is 6.46. The number of hydrogen-bond donors (Lipinski definition) is 2. The molecule has 0 aromatic heterocycles. The second-order valence-electron chi connectivity index (χ2n) is 5.74. The molecule has 1 rings (SSSR count). The number of hydrogen-bond acceptors (Lipinski definition) is 5. The first kappa shape index (κ1) is 18.4. The highest BCUT2D eigenvalue weighted by atomic mass is 16.6. The fourth-order valence-corrected chi connectivity index (χ4v) is 1.66. The molecule has 0 unspecified atom stereocenters. The van der Waals surface area contributed by atoms with Crippen LogP contribution in [-0.2, 0) is 9.47 Å². The van der Waals surface area contributed by atoms with Crippen LogP contribution in [0.25, 0.3) is 0 Å². The van der Waals surface area contributed by atoms with Crippen molar-refractivity contribution in [2.24, 2.45) is 0 Å². The number of nitrogen functional groups attached to an aromatic ring is 1. The second kappa shape index (κ2) is 8.08. The molecule has 0 radical (unpaired) electrons. The zero-order valence-corrected chi connectivity index (χ0v) is 13.9. The lowest BCUT2D eigenvalue weighted by molar-refractivity contribution is 0.0527. The summed E-state index contributed by atoms with van der Waals surface area (Å²) < 4.78 is 9.76. The first-order chi connectivity index (χ1) is 10.7. The molecule has 1 amide bonds. The van der Waals surface area contributed by atoms with Crippen molar-refractivity contribution in [2.45, 2.75) is 32.8 Å². The van der Waals surface area contributed by atoms with Gasteiger partial charge in [0.25, 0.3) is 0 Å². The van der Waals surface area contributed by atoms with Crippen LogP contribution in [0.3, 0.4) is 0 Å². The van der Waals surface area contributed by atoms with Crippen LogP contribution in [0.2, 0.25) is 0 Å². The van der Waals surface area contributed by atoms with Crippen LogP contribution in [0.15, 0.2) is 18.2 Å².